The van der Waals surface area contributed by atoms with Gasteiger partial charge in [0.05, 0.1) is 0 Å². The number of hydrogen-bond acceptors (Lipinski definition) is 1. The first-order valence-corrected chi connectivity index (χ1v) is 3.95. The Labute approximate surface area is 70.7 Å². The van der Waals surface area contributed by atoms with Crippen LogP contribution in [0.4, 0.5) is 0 Å². The summed E-state index contributed by atoms with van der Waals surface area (Å²) < 4.78 is 5.91. The van der Waals surface area contributed by atoms with E-state index in [-0.39, 0.29) is 0 Å². The summed E-state index contributed by atoms with van der Waals surface area (Å²) in [5, 5.41) is 0. The van der Waals surface area contributed by atoms with Crippen LogP contribution < -0.4 is 0 Å². The second-order valence-electron chi connectivity index (χ2n) is 1.99. The van der Waals surface area contributed by atoms with Crippen molar-refractivity contribution in [2.75, 3.05) is 7.11 Å². The Morgan fingerprint density at radius 3 is 2.80 bits per heavy atom. The molecule has 0 saturated carbocycles. The summed E-state index contributed by atoms with van der Waals surface area (Å²) in [6, 6.07) is 0. The van der Waals surface area contributed by atoms with E-state index in [2.05, 4.69) is 21.8 Å². The Balaban J connectivity index is 3.05. The van der Waals surface area contributed by atoms with Crippen LogP contribution >= 0.6 is 0 Å². The van der Waals surface area contributed by atoms with E-state index in [1.54, 1.807) is 7.11 Å². The molecule has 1 nitrogen and oxygen atoms in total. The Kier molecular flexibility index (Phi) is 6.98. The van der Waals surface area contributed by atoms with Crippen molar-refractivity contribution in [1.29, 1.82) is 0 Å². The first-order valence-electron chi connectivity index (χ1n) is 3.31. The zero-order valence-corrected chi connectivity index (χ0v) is 7.50. The minimum atomic E-state index is 0.872. The standard InChI is InChI=1S/C8H12O.Cr/c1-3-4-5-6-7-8-9-2;/h1H,4-7H2,2H3;. The van der Waals surface area contributed by atoms with Crippen molar-refractivity contribution in [2.45, 2.75) is 25.7 Å². The van der Waals surface area contributed by atoms with E-state index in [9.17, 15) is 0 Å². The molecule has 56 valence electrons. The average molecular weight is 176 g/mol. The third-order valence-corrected chi connectivity index (χ3v) is 1.76. The third kappa shape index (κ3) is 6.05. The van der Waals surface area contributed by atoms with Crippen LogP contribution in [0.3, 0.4) is 0 Å². The average Bonchev–Trinajstić information content (AvgIpc) is 1.98. The van der Waals surface area contributed by atoms with Crippen LogP contribution in [0.15, 0.2) is 0 Å². The molecule has 10 heavy (non-hydrogen) atoms. The quantitative estimate of drug-likeness (QED) is 0.455. The Morgan fingerprint density at radius 2 is 2.30 bits per heavy atom. The van der Waals surface area contributed by atoms with Gasteiger partial charge < -0.3 is 0 Å². The molecule has 0 radical (unpaired) electrons. The van der Waals surface area contributed by atoms with Gasteiger partial charge in [-0.3, -0.25) is 0 Å². The summed E-state index contributed by atoms with van der Waals surface area (Å²) in [5.41, 5.74) is 0. The summed E-state index contributed by atoms with van der Waals surface area (Å²) >= 11 is 2.85. The second kappa shape index (κ2) is 7.03. The molecule has 2 heteroatoms. The van der Waals surface area contributed by atoms with Gasteiger partial charge in [0.2, 0.25) is 0 Å². The topological polar surface area (TPSA) is 9.23 Å². The Morgan fingerprint density at radius 1 is 1.60 bits per heavy atom. The van der Waals surface area contributed by atoms with Gasteiger partial charge in [0.1, 0.15) is 0 Å². The van der Waals surface area contributed by atoms with Gasteiger partial charge in [0.25, 0.3) is 0 Å². The van der Waals surface area contributed by atoms with Crippen molar-refractivity contribution >= 4 is 4.57 Å². The zero-order valence-electron chi connectivity index (χ0n) is 6.22. The van der Waals surface area contributed by atoms with Crippen molar-refractivity contribution in [3.05, 3.63) is 0 Å². The van der Waals surface area contributed by atoms with E-state index >= 15 is 0 Å². The van der Waals surface area contributed by atoms with Gasteiger partial charge >= 0.3 is 70.3 Å². The summed E-state index contributed by atoms with van der Waals surface area (Å²) in [5.74, 6) is 2.60. The van der Waals surface area contributed by atoms with Crippen LogP contribution in [0.5, 0.6) is 0 Å². The fraction of sp³-hybridized carbons (Fsp3) is 0.625. The molecular weight excluding hydrogens is 164 g/mol. The predicted octanol–water partition coefficient (Wildman–Crippen LogP) is 1.50. The fourth-order valence-corrected chi connectivity index (χ4v) is 0.824. The summed E-state index contributed by atoms with van der Waals surface area (Å²) in [6.07, 6.45) is 9.14. The number of methoxy groups -OCH3 is 1. The van der Waals surface area contributed by atoms with Crippen molar-refractivity contribution in [3.8, 4) is 12.3 Å². The monoisotopic (exact) mass is 176 g/mol. The first-order chi connectivity index (χ1) is 4.81. The third-order valence-electron chi connectivity index (χ3n) is 1.18. The Bertz CT molecular complexity index is 135. The summed E-state index contributed by atoms with van der Waals surface area (Å²) in [4.78, 5) is 0. The molecule has 0 unspecified atom stereocenters. The molecule has 0 rings (SSSR count). The molecule has 0 bridgehead atoms. The molecule has 0 amide bonds. The maximum atomic E-state index is 5.08. The van der Waals surface area contributed by atoms with Crippen LogP contribution in [0.1, 0.15) is 25.7 Å². The molecule has 0 aliphatic rings. The Hall–Kier alpha value is -0.0775. The van der Waals surface area contributed by atoms with E-state index in [1.165, 1.54) is 0 Å². The second-order valence-corrected chi connectivity index (χ2v) is 2.70. The number of terminal acetylenes is 1. The van der Waals surface area contributed by atoms with Crippen LogP contribution in [-0.2, 0) is 20.6 Å². The number of unbranched alkanes of at least 4 members (excludes halogenated alkanes) is 2. The van der Waals surface area contributed by atoms with Gasteiger partial charge in [-0.05, 0) is 0 Å². The van der Waals surface area contributed by atoms with Crippen molar-refractivity contribution in [3.63, 3.8) is 0 Å². The number of ether oxygens (including phenoxy) is 1. The zero-order chi connectivity index (χ0) is 7.82. The van der Waals surface area contributed by atoms with Gasteiger partial charge in [-0.2, -0.15) is 0 Å². The molecule has 0 aromatic rings. The summed E-state index contributed by atoms with van der Waals surface area (Å²) in [7, 11) is 1.67. The van der Waals surface area contributed by atoms with E-state index in [0.717, 1.165) is 30.2 Å². The predicted molar refractivity (Wildman–Crippen MR) is 39.3 cm³/mol. The molecule has 0 fully saturated rings. The van der Waals surface area contributed by atoms with Crippen LogP contribution in [0.2, 0.25) is 0 Å². The van der Waals surface area contributed by atoms with Crippen LogP contribution in [0, 0.1) is 12.3 Å². The van der Waals surface area contributed by atoms with E-state index in [0.29, 0.717) is 0 Å². The number of hydrogen-bond donors (Lipinski definition) is 0. The summed E-state index contributed by atoms with van der Waals surface area (Å²) in [6.45, 7) is 0. The SMILES string of the molecule is C#CCCCC[C](=[Cr])OC. The number of rotatable bonds is 5. The molecule has 0 aromatic carbocycles. The van der Waals surface area contributed by atoms with E-state index < -0.39 is 0 Å². The molecule has 0 spiro atoms. The van der Waals surface area contributed by atoms with Crippen LogP contribution in [0.25, 0.3) is 0 Å². The fourth-order valence-electron chi connectivity index (χ4n) is 0.598. The molecular formula is C8H12CrO. The molecule has 0 atom stereocenters. The van der Waals surface area contributed by atoms with E-state index in [4.69, 9.17) is 11.2 Å². The van der Waals surface area contributed by atoms with Gasteiger partial charge in [-0.25, -0.2) is 0 Å². The molecule has 0 heterocycles. The normalized spacial score (nSPS) is 8.80. The van der Waals surface area contributed by atoms with E-state index in [1.807, 2.05) is 0 Å². The maximum absolute atomic E-state index is 5.08. The first kappa shape index (κ1) is 9.92. The van der Waals surface area contributed by atoms with Gasteiger partial charge in [0, 0.05) is 0 Å². The van der Waals surface area contributed by atoms with Crippen molar-refractivity contribution < 1.29 is 20.6 Å². The molecule has 0 aliphatic heterocycles. The molecule has 0 saturated heterocycles. The molecule has 0 N–H and O–H groups in total. The minimum absolute atomic E-state index is 0.872. The molecule has 0 aromatic heterocycles. The van der Waals surface area contributed by atoms with Gasteiger partial charge in [0.15, 0.2) is 0 Å². The van der Waals surface area contributed by atoms with Crippen molar-refractivity contribution in [2.24, 2.45) is 0 Å². The van der Waals surface area contributed by atoms with Gasteiger partial charge in [-0.1, -0.05) is 0 Å². The van der Waals surface area contributed by atoms with Gasteiger partial charge in [-0.15, -0.1) is 0 Å². The molecule has 0 aliphatic carbocycles. The van der Waals surface area contributed by atoms with Crippen LogP contribution in [-0.4, -0.2) is 11.7 Å². The van der Waals surface area contributed by atoms with Crippen molar-refractivity contribution in [1.82, 2.24) is 0 Å².